The highest BCUT2D eigenvalue weighted by molar-refractivity contribution is 6.04. The Bertz CT molecular complexity index is 811. The number of nitrogens with zero attached hydrogens (tertiary/aromatic N) is 1. The topological polar surface area (TPSA) is 52.5 Å². The molecular formula is C18H19F3N2O3. The molecule has 3 atom stereocenters. The van der Waals surface area contributed by atoms with E-state index in [2.05, 4.69) is 5.32 Å². The number of piperidine rings is 1. The number of nitrogens with one attached hydrogen (secondary N) is 1. The predicted octanol–water partition coefficient (Wildman–Crippen LogP) is 2.72. The molecule has 1 aromatic heterocycles. The molecule has 2 fully saturated rings. The van der Waals surface area contributed by atoms with Gasteiger partial charge in [0, 0.05) is 42.0 Å². The maximum Gasteiger partial charge on any atom is 0.340 e. The summed E-state index contributed by atoms with van der Waals surface area (Å²) < 4.78 is 51.6. The largest absolute Gasteiger partial charge is 0.459 e. The average molecular weight is 368 g/mol. The quantitative estimate of drug-likeness (QED) is 0.844. The standard InChI is InChI=1S/C18H19F3N2O3/c19-10-1-2-16-14(3-10)15(6-23(16)7-17(20)21)18(24)26-13-4-11-8-25-9-12(5-13)22-11/h1-3,6,11-13,17,22H,4-5,7-9H2/t11-,12+,13?. The van der Waals surface area contributed by atoms with Gasteiger partial charge in [-0.15, -0.1) is 0 Å². The monoisotopic (exact) mass is 368 g/mol. The van der Waals surface area contributed by atoms with E-state index in [1.807, 2.05) is 0 Å². The van der Waals surface area contributed by atoms with Gasteiger partial charge in [-0.2, -0.15) is 0 Å². The maximum atomic E-state index is 13.6. The summed E-state index contributed by atoms with van der Waals surface area (Å²) in [7, 11) is 0. The molecule has 2 aliphatic heterocycles. The molecule has 1 N–H and O–H groups in total. The van der Waals surface area contributed by atoms with Gasteiger partial charge < -0.3 is 19.4 Å². The summed E-state index contributed by atoms with van der Waals surface area (Å²) in [5.41, 5.74) is 0.495. The van der Waals surface area contributed by atoms with Gasteiger partial charge in [0.25, 0.3) is 6.43 Å². The molecule has 0 amide bonds. The van der Waals surface area contributed by atoms with Gasteiger partial charge in [0.1, 0.15) is 11.9 Å². The van der Waals surface area contributed by atoms with E-state index >= 15 is 0 Å². The number of carbonyl (C=O) groups excluding carboxylic acids is 1. The number of halogens is 3. The Balaban J connectivity index is 1.59. The second kappa shape index (κ2) is 6.92. The number of alkyl halides is 2. The maximum absolute atomic E-state index is 13.6. The molecule has 140 valence electrons. The van der Waals surface area contributed by atoms with E-state index in [1.165, 1.54) is 29.0 Å². The van der Waals surface area contributed by atoms with Crippen LogP contribution in [0.1, 0.15) is 23.2 Å². The van der Waals surface area contributed by atoms with Crippen molar-refractivity contribution in [3.63, 3.8) is 0 Å². The number of esters is 1. The minimum Gasteiger partial charge on any atom is -0.459 e. The first kappa shape index (κ1) is 17.4. The molecule has 5 nitrogen and oxygen atoms in total. The zero-order valence-corrected chi connectivity index (χ0v) is 14.0. The number of benzene rings is 1. The lowest BCUT2D eigenvalue weighted by Crippen LogP contribution is -2.56. The normalized spacial score (nSPS) is 25.6. The molecule has 2 aliphatic rings. The third kappa shape index (κ3) is 3.43. The molecule has 8 heteroatoms. The number of aromatic nitrogens is 1. The summed E-state index contributed by atoms with van der Waals surface area (Å²) in [4.78, 5) is 12.7. The van der Waals surface area contributed by atoms with Crippen LogP contribution in [0, 0.1) is 5.82 Å². The highest BCUT2D eigenvalue weighted by Gasteiger charge is 2.34. The van der Waals surface area contributed by atoms with Crippen molar-refractivity contribution in [3.05, 3.63) is 35.8 Å². The van der Waals surface area contributed by atoms with Gasteiger partial charge in [-0.1, -0.05) is 0 Å². The van der Waals surface area contributed by atoms with Crippen molar-refractivity contribution in [1.29, 1.82) is 0 Å². The summed E-state index contributed by atoms with van der Waals surface area (Å²) in [6.07, 6.45) is -0.268. The van der Waals surface area contributed by atoms with Gasteiger partial charge in [0.05, 0.1) is 25.3 Å². The minimum atomic E-state index is -2.58. The number of hydrogen-bond donors (Lipinski definition) is 1. The van der Waals surface area contributed by atoms with E-state index < -0.39 is 24.8 Å². The first-order chi connectivity index (χ1) is 12.5. The molecule has 2 saturated heterocycles. The molecule has 0 spiro atoms. The van der Waals surface area contributed by atoms with E-state index in [1.54, 1.807) is 0 Å². The fraction of sp³-hybridized carbons (Fsp3) is 0.500. The molecule has 2 aromatic rings. The minimum absolute atomic E-state index is 0.111. The first-order valence-corrected chi connectivity index (χ1v) is 8.61. The molecule has 2 bridgehead atoms. The first-order valence-electron chi connectivity index (χ1n) is 8.61. The zero-order chi connectivity index (χ0) is 18.3. The number of hydrogen-bond acceptors (Lipinski definition) is 4. The zero-order valence-electron chi connectivity index (χ0n) is 14.0. The Hall–Kier alpha value is -2.06. The third-order valence-corrected chi connectivity index (χ3v) is 4.88. The van der Waals surface area contributed by atoms with Crippen molar-refractivity contribution in [2.45, 2.75) is 44.0 Å². The van der Waals surface area contributed by atoms with Crippen molar-refractivity contribution in [2.75, 3.05) is 13.2 Å². The van der Waals surface area contributed by atoms with Crippen molar-refractivity contribution < 1.29 is 27.4 Å². The number of fused-ring (bicyclic) bond motifs is 3. The van der Waals surface area contributed by atoms with Crippen LogP contribution >= 0.6 is 0 Å². The van der Waals surface area contributed by atoms with Gasteiger partial charge in [-0.25, -0.2) is 18.0 Å². The lowest BCUT2D eigenvalue weighted by molar-refractivity contribution is -0.0339. The molecular weight excluding hydrogens is 349 g/mol. The molecule has 0 aliphatic carbocycles. The summed E-state index contributed by atoms with van der Waals surface area (Å²) in [5, 5.41) is 3.69. The van der Waals surface area contributed by atoms with Crippen LogP contribution in [0.3, 0.4) is 0 Å². The van der Waals surface area contributed by atoms with Gasteiger partial charge in [-0.05, 0) is 18.2 Å². The summed E-state index contributed by atoms with van der Waals surface area (Å²) >= 11 is 0. The van der Waals surface area contributed by atoms with E-state index in [-0.39, 0.29) is 29.1 Å². The summed E-state index contributed by atoms with van der Waals surface area (Å²) in [6.45, 7) is 0.581. The highest BCUT2D eigenvalue weighted by Crippen LogP contribution is 2.27. The van der Waals surface area contributed by atoms with Crippen molar-refractivity contribution in [3.8, 4) is 0 Å². The third-order valence-electron chi connectivity index (χ3n) is 4.88. The van der Waals surface area contributed by atoms with Crippen LogP contribution in [0.2, 0.25) is 0 Å². The van der Waals surface area contributed by atoms with Crippen LogP contribution in [0.25, 0.3) is 10.9 Å². The van der Waals surface area contributed by atoms with E-state index in [0.29, 0.717) is 31.6 Å². The van der Waals surface area contributed by atoms with Crippen molar-refractivity contribution in [1.82, 2.24) is 9.88 Å². The molecule has 0 saturated carbocycles. The summed E-state index contributed by atoms with van der Waals surface area (Å²) in [6, 6.07) is 4.04. The van der Waals surface area contributed by atoms with Crippen LogP contribution in [0.4, 0.5) is 13.2 Å². The van der Waals surface area contributed by atoms with Crippen LogP contribution < -0.4 is 5.32 Å². The van der Waals surface area contributed by atoms with Crippen LogP contribution in [-0.4, -0.2) is 48.4 Å². The molecule has 1 unspecified atom stereocenters. The van der Waals surface area contributed by atoms with Gasteiger partial charge in [0.15, 0.2) is 0 Å². The Kier molecular flexibility index (Phi) is 4.62. The summed E-state index contributed by atoms with van der Waals surface area (Å²) in [5.74, 6) is -1.14. The number of carbonyl (C=O) groups is 1. The fourth-order valence-electron chi connectivity index (χ4n) is 3.83. The Morgan fingerprint density at radius 3 is 2.73 bits per heavy atom. The fourth-order valence-corrected chi connectivity index (χ4v) is 3.83. The molecule has 4 rings (SSSR count). The highest BCUT2D eigenvalue weighted by atomic mass is 19.3. The van der Waals surface area contributed by atoms with Crippen molar-refractivity contribution >= 4 is 16.9 Å². The Morgan fingerprint density at radius 1 is 1.31 bits per heavy atom. The lowest BCUT2D eigenvalue weighted by Gasteiger charge is -2.39. The smallest absolute Gasteiger partial charge is 0.340 e. The molecule has 0 radical (unpaired) electrons. The Morgan fingerprint density at radius 2 is 2.04 bits per heavy atom. The molecule has 3 heterocycles. The number of rotatable bonds is 4. The molecule has 1 aromatic carbocycles. The van der Waals surface area contributed by atoms with Gasteiger partial charge in [-0.3, -0.25) is 0 Å². The van der Waals surface area contributed by atoms with Crippen LogP contribution in [0.15, 0.2) is 24.4 Å². The predicted molar refractivity (Wildman–Crippen MR) is 87.9 cm³/mol. The van der Waals surface area contributed by atoms with Gasteiger partial charge >= 0.3 is 5.97 Å². The Labute approximate surface area is 148 Å². The van der Waals surface area contributed by atoms with E-state index in [9.17, 15) is 18.0 Å². The molecule has 26 heavy (non-hydrogen) atoms. The number of ether oxygens (including phenoxy) is 2. The lowest BCUT2D eigenvalue weighted by atomic mass is 9.94. The average Bonchev–Trinajstić information content (AvgIpc) is 2.91. The van der Waals surface area contributed by atoms with Gasteiger partial charge in [0.2, 0.25) is 0 Å². The number of morpholine rings is 1. The second-order valence-electron chi connectivity index (χ2n) is 6.84. The van der Waals surface area contributed by atoms with E-state index in [4.69, 9.17) is 9.47 Å². The van der Waals surface area contributed by atoms with Crippen LogP contribution in [0.5, 0.6) is 0 Å². The van der Waals surface area contributed by atoms with E-state index in [0.717, 1.165) is 0 Å². The SMILES string of the molecule is O=C(OC1C[C@H]2COC[C@@H](C1)N2)c1cn(CC(F)F)c2ccc(F)cc12. The van der Waals surface area contributed by atoms with Crippen molar-refractivity contribution in [2.24, 2.45) is 0 Å². The van der Waals surface area contributed by atoms with Crippen LogP contribution in [-0.2, 0) is 16.0 Å². The second-order valence-corrected chi connectivity index (χ2v) is 6.84.